The van der Waals surface area contributed by atoms with Gasteiger partial charge in [-0.15, -0.1) is 0 Å². The molecule has 0 aliphatic rings. The second-order valence-corrected chi connectivity index (χ2v) is 5.27. The molecule has 11 heteroatoms. The van der Waals surface area contributed by atoms with E-state index in [-0.39, 0.29) is 32.7 Å². The zero-order valence-electron chi connectivity index (χ0n) is 11.0. The maximum Gasteiger partial charge on any atom is 2.00 e. The number of unbranched alkanes of at least 4 members (excludes halogenated alkanes) is 2. The Labute approximate surface area is 127 Å². The summed E-state index contributed by atoms with van der Waals surface area (Å²) in [6.45, 7) is 3.76. The van der Waals surface area contributed by atoms with Gasteiger partial charge < -0.3 is 9.11 Å². The zero-order valence-corrected chi connectivity index (χ0v) is 15.6. The molecule has 0 aliphatic heterocycles. The van der Waals surface area contributed by atoms with Crippen molar-refractivity contribution in [1.82, 2.24) is 0 Å². The summed E-state index contributed by atoms with van der Waals surface area (Å²) >= 11 is 0. The molecule has 0 aromatic heterocycles. The maximum atomic E-state index is 9.73. The van der Waals surface area contributed by atoms with Gasteiger partial charge in [0.25, 0.3) is 0 Å². The third-order valence-electron chi connectivity index (χ3n) is 1.45. The molecule has 112 valence electrons. The van der Waals surface area contributed by atoms with Crippen LogP contribution in [0, 0.1) is 0 Å². The molecular formula is C8H18O8S2Zn. The van der Waals surface area contributed by atoms with E-state index in [2.05, 4.69) is 8.37 Å². The van der Waals surface area contributed by atoms with Crippen molar-refractivity contribution in [1.29, 1.82) is 0 Å². The van der Waals surface area contributed by atoms with Crippen molar-refractivity contribution in [2.45, 2.75) is 39.5 Å². The topological polar surface area (TPSA) is 133 Å². The van der Waals surface area contributed by atoms with Crippen LogP contribution in [-0.2, 0) is 48.6 Å². The first-order chi connectivity index (χ1) is 8.12. The van der Waals surface area contributed by atoms with Crippen molar-refractivity contribution in [2.75, 3.05) is 13.2 Å². The molecule has 0 unspecified atom stereocenters. The van der Waals surface area contributed by atoms with Gasteiger partial charge in [0.1, 0.15) is 0 Å². The summed E-state index contributed by atoms with van der Waals surface area (Å²) in [5.74, 6) is 0. The first-order valence-corrected chi connectivity index (χ1v) is 7.99. The quantitative estimate of drug-likeness (QED) is 0.261. The molecule has 0 radical (unpaired) electrons. The monoisotopic (exact) mass is 370 g/mol. The van der Waals surface area contributed by atoms with Crippen LogP contribution in [0.3, 0.4) is 0 Å². The predicted molar refractivity (Wildman–Crippen MR) is 61.1 cm³/mol. The Hall–Kier alpha value is 0.363. The van der Waals surface area contributed by atoms with Crippen molar-refractivity contribution >= 4 is 20.8 Å². The largest absolute Gasteiger partial charge is 2.00 e. The minimum Gasteiger partial charge on any atom is -0.726 e. The fourth-order valence-electron chi connectivity index (χ4n) is 0.611. The molecular weight excluding hydrogens is 354 g/mol. The van der Waals surface area contributed by atoms with Crippen LogP contribution >= 0.6 is 0 Å². The molecule has 19 heavy (non-hydrogen) atoms. The maximum absolute atomic E-state index is 9.73. The molecule has 8 nitrogen and oxygen atoms in total. The first-order valence-electron chi connectivity index (χ1n) is 5.32. The average Bonchev–Trinajstić information content (AvgIpc) is 2.16. The van der Waals surface area contributed by atoms with Crippen molar-refractivity contribution in [2.24, 2.45) is 0 Å². The van der Waals surface area contributed by atoms with Crippen molar-refractivity contribution in [3.8, 4) is 0 Å². The van der Waals surface area contributed by atoms with E-state index in [1.165, 1.54) is 0 Å². The summed E-state index contributed by atoms with van der Waals surface area (Å²) < 4.78 is 66.1. The molecule has 0 spiro atoms. The van der Waals surface area contributed by atoms with E-state index in [9.17, 15) is 25.9 Å². The van der Waals surface area contributed by atoms with Gasteiger partial charge in [-0.2, -0.15) is 0 Å². The van der Waals surface area contributed by atoms with Crippen LogP contribution in [-0.4, -0.2) is 39.2 Å². The molecule has 0 bridgehead atoms. The van der Waals surface area contributed by atoms with Gasteiger partial charge in [0.05, 0.1) is 13.2 Å². The second-order valence-electron chi connectivity index (χ2n) is 3.17. The van der Waals surface area contributed by atoms with Crippen LogP contribution in [0.25, 0.3) is 0 Å². The van der Waals surface area contributed by atoms with Gasteiger partial charge in [-0.1, -0.05) is 26.7 Å². The SMILES string of the molecule is CCCCOS(=O)(=O)[O-].CCCCOS(=O)(=O)[O-].[Zn+2]. The standard InChI is InChI=1S/2C4H10O4S.Zn/c2*1-2-3-4-8-9(5,6)7;/h2*2-4H2,1H3,(H,5,6,7);/q;;+2/p-2. The molecule has 0 fully saturated rings. The smallest absolute Gasteiger partial charge is 0.726 e. The van der Waals surface area contributed by atoms with E-state index < -0.39 is 20.8 Å². The van der Waals surface area contributed by atoms with Gasteiger partial charge in [-0.05, 0) is 12.8 Å². The molecule has 0 atom stereocenters. The first kappa shape index (κ1) is 24.4. The normalized spacial score (nSPS) is 11.2. The van der Waals surface area contributed by atoms with Crippen LogP contribution in [0.15, 0.2) is 0 Å². The third kappa shape index (κ3) is 32.2. The molecule has 0 N–H and O–H groups in total. The summed E-state index contributed by atoms with van der Waals surface area (Å²) in [6.07, 6.45) is 2.83. The van der Waals surface area contributed by atoms with E-state index in [4.69, 9.17) is 0 Å². The molecule has 0 aromatic carbocycles. The Morgan fingerprint density at radius 1 is 0.789 bits per heavy atom. The average molecular weight is 372 g/mol. The minimum absolute atomic E-state index is 0. The summed E-state index contributed by atoms with van der Waals surface area (Å²) in [6, 6.07) is 0. The van der Waals surface area contributed by atoms with E-state index in [0.29, 0.717) is 12.8 Å². The molecule has 0 saturated heterocycles. The summed E-state index contributed by atoms with van der Waals surface area (Å²) in [4.78, 5) is 0. The fourth-order valence-corrected chi connectivity index (χ4v) is 1.25. The van der Waals surface area contributed by atoms with E-state index in [1.807, 2.05) is 13.8 Å². The van der Waals surface area contributed by atoms with Gasteiger partial charge in [-0.25, -0.2) is 16.8 Å². The summed E-state index contributed by atoms with van der Waals surface area (Å²) in [5, 5.41) is 0. The van der Waals surface area contributed by atoms with Crippen LogP contribution in [0.5, 0.6) is 0 Å². The van der Waals surface area contributed by atoms with E-state index in [1.54, 1.807) is 0 Å². The predicted octanol–water partition coefficient (Wildman–Crippen LogP) is 0.524. The Morgan fingerprint density at radius 2 is 1.05 bits per heavy atom. The summed E-state index contributed by atoms with van der Waals surface area (Å²) in [7, 11) is -8.89. The Bertz CT molecular complexity index is 340. The molecule has 0 heterocycles. The second kappa shape index (κ2) is 13.4. The number of rotatable bonds is 8. The number of hydrogen-bond donors (Lipinski definition) is 0. The van der Waals surface area contributed by atoms with Gasteiger partial charge in [-0.3, -0.25) is 8.37 Å². The molecule has 0 saturated carbocycles. The zero-order chi connectivity index (χ0) is 14.7. The van der Waals surface area contributed by atoms with Crippen LogP contribution in [0.2, 0.25) is 0 Å². The van der Waals surface area contributed by atoms with Gasteiger partial charge in [0, 0.05) is 0 Å². The van der Waals surface area contributed by atoms with E-state index >= 15 is 0 Å². The minimum atomic E-state index is -4.45. The Kier molecular flexibility index (Phi) is 17.1. The molecule has 0 aromatic rings. The van der Waals surface area contributed by atoms with E-state index in [0.717, 1.165) is 12.8 Å². The van der Waals surface area contributed by atoms with Crippen LogP contribution in [0.1, 0.15) is 39.5 Å². The van der Waals surface area contributed by atoms with Gasteiger partial charge in [0.15, 0.2) is 0 Å². The molecule has 0 rings (SSSR count). The fraction of sp³-hybridized carbons (Fsp3) is 1.00. The van der Waals surface area contributed by atoms with Crippen molar-refractivity contribution in [3.05, 3.63) is 0 Å². The Balaban J connectivity index is -0.000000256. The molecule has 0 amide bonds. The van der Waals surface area contributed by atoms with Crippen LogP contribution < -0.4 is 0 Å². The number of hydrogen-bond acceptors (Lipinski definition) is 8. The van der Waals surface area contributed by atoms with Crippen molar-refractivity contribution < 1.29 is 53.8 Å². The van der Waals surface area contributed by atoms with Crippen molar-refractivity contribution in [3.63, 3.8) is 0 Å². The van der Waals surface area contributed by atoms with Gasteiger partial charge >= 0.3 is 19.5 Å². The Morgan fingerprint density at radius 3 is 1.21 bits per heavy atom. The summed E-state index contributed by atoms with van der Waals surface area (Å²) in [5.41, 5.74) is 0. The third-order valence-corrected chi connectivity index (χ3v) is 2.36. The van der Waals surface area contributed by atoms with Gasteiger partial charge in [0.2, 0.25) is 20.8 Å². The molecule has 0 aliphatic carbocycles. The van der Waals surface area contributed by atoms with Crippen LogP contribution in [0.4, 0.5) is 0 Å².